The van der Waals surface area contributed by atoms with Crippen molar-refractivity contribution in [3.8, 4) is 0 Å². The number of rotatable bonds is 4. The summed E-state index contributed by atoms with van der Waals surface area (Å²) < 4.78 is 20.0. The van der Waals surface area contributed by atoms with Crippen LogP contribution >= 0.6 is 34.2 Å². The summed E-state index contributed by atoms with van der Waals surface area (Å²) in [6, 6.07) is 0. The highest BCUT2D eigenvalue weighted by Gasteiger charge is 2.56. The minimum absolute atomic E-state index is 0.126. The first kappa shape index (κ1) is 15.8. The van der Waals surface area contributed by atoms with Gasteiger partial charge in [-0.2, -0.15) is 0 Å². The van der Waals surface area contributed by atoms with Gasteiger partial charge in [-0.25, -0.2) is 4.39 Å². The third-order valence-corrected chi connectivity index (χ3v) is 6.96. The van der Waals surface area contributed by atoms with Gasteiger partial charge < -0.3 is 4.74 Å². The highest BCUT2D eigenvalue weighted by molar-refractivity contribution is 14.1. The smallest absolute Gasteiger partial charge is 0.137 e. The minimum Gasteiger partial charge on any atom is -0.373 e. The third-order valence-electron chi connectivity index (χ3n) is 4.12. The van der Waals surface area contributed by atoms with E-state index in [1.54, 1.807) is 6.08 Å². The number of hydrogen-bond acceptors (Lipinski definition) is 1. The molecular weight excluding hydrogens is 378 g/mol. The van der Waals surface area contributed by atoms with Crippen LogP contribution in [-0.2, 0) is 4.74 Å². The SMILES string of the molecule is CCCOC1(C2(I)C(F)=CCC=C2Cl)CCCCC1. The molecule has 0 aliphatic heterocycles. The summed E-state index contributed by atoms with van der Waals surface area (Å²) in [5.41, 5.74) is -0.476. The van der Waals surface area contributed by atoms with Gasteiger partial charge in [-0.05, 0) is 31.8 Å². The highest BCUT2D eigenvalue weighted by Crippen LogP contribution is 2.56. The number of ether oxygens (including phenoxy) is 1. The van der Waals surface area contributed by atoms with Gasteiger partial charge in [0, 0.05) is 11.6 Å². The maximum Gasteiger partial charge on any atom is 0.137 e. The fraction of sp³-hybridized carbons (Fsp3) is 0.733. The van der Waals surface area contributed by atoms with Crippen LogP contribution in [0.3, 0.4) is 0 Å². The van der Waals surface area contributed by atoms with E-state index in [2.05, 4.69) is 29.5 Å². The molecule has 2 aliphatic carbocycles. The van der Waals surface area contributed by atoms with Crippen LogP contribution in [0.5, 0.6) is 0 Å². The lowest BCUT2D eigenvalue weighted by atomic mass is 9.73. The van der Waals surface area contributed by atoms with E-state index >= 15 is 0 Å². The quantitative estimate of drug-likeness (QED) is 0.438. The standard InChI is InChI=1S/C15H21ClFIO/c1-2-11-19-14(9-4-3-5-10-14)15(18)12(16)7-6-8-13(15)17/h7-8H,2-6,9-11H2,1H3. The van der Waals surface area contributed by atoms with Crippen molar-refractivity contribution in [3.05, 3.63) is 23.0 Å². The molecule has 0 heterocycles. The molecule has 19 heavy (non-hydrogen) atoms. The Balaban J connectivity index is 2.38. The Kier molecular flexibility index (Phi) is 5.34. The topological polar surface area (TPSA) is 9.23 Å². The van der Waals surface area contributed by atoms with E-state index in [0.29, 0.717) is 18.1 Å². The molecule has 0 saturated heterocycles. The van der Waals surface area contributed by atoms with Crippen LogP contribution in [-0.4, -0.2) is 15.6 Å². The van der Waals surface area contributed by atoms with Gasteiger partial charge in [0.1, 0.15) is 9.25 Å². The molecule has 108 valence electrons. The minimum atomic E-state index is -0.819. The number of alkyl halides is 1. The van der Waals surface area contributed by atoms with Gasteiger partial charge in [-0.3, -0.25) is 0 Å². The Hall–Kier alpha value is 0.390. The van der Waals surface area contributed by atoms with Crippen LogP contribution in [0.25, 0.3) is 0 Å². The molecule has 1 atom stereocenters. The van der Waals surface area contributed by atoms with Crippen LogP contribution in [0.4, 0.5) is 4.39 Å². The lowest BCUT2D eigenvalue weighted by Crippen LogP contribution is -2.54. The predicted octanol–water partition coefficient (Wildman–Crippen LogP) is 5.67. The summed E-state index contributed by atoms with van der Waals surface area (Å²) in [7, 11) is 0. The van der Waals surface area contributed by atoms with Crippen molar-refractivity contribution in [1.82, 2.24) is 0 Å². The van der Waals surface area contributed by atoms with Crippen molar-refractivity contribution in [2.75, 3.05) is 6.61 Å². The van der Waals surface area contributed by atoms with E-state index in [1.165, 1.54) is 6.42 Å². The molecular formula is C15H21ClFIO. The van der Waals surface area contributed by atoms with Crippen LogP contribution in [0.15, 0.2) is 23.0 Å². The summed E-state index contributed by atoms with van der Waals surface area (Å²) >= 11 is 8.60. The monoisotopic (exact) mass is 398 g/mol. The van der Waals surface area contributed by atoms with Gasteiger partial charge in [0.25, 0.3) is 0 Å². The Morgan fingerprint density at radius 3 is 2.58 bits per heavy atom. The Labute approximate surface area is 133 Å². The second kappa shape index (κ2) is 6.44. The average Bonchev–Trinajstić information content (AvgIpc) is 2.43. The number of allylic oxidation sites excluding steroid dienone is 2. The first-order chi connectivity index (χ1) is 9.07. The molecule has 0 N–H and O–H groups in total. The zero-order chi connectivity index (χ0) is 13.9. The van der Waals surface area contributed by atoms with Crippen LogP contribution in [0.2, 0.25) is 0 Å². The first-order valence-corrected chi connectivity index (χ1v) is 8.57. The molecule has 0 aromatic carbocycles. The van der Waals surface area contributed by atoms with Crippen molar-refractivity contribution in [3.63, 3.8) is 0 Å². The molecule has 1 saturated carbocycles. The van der Waals surface area contributed by atoms with E-state index in [1.807, 2.05) is 6.08 Å². The van der Waals surface area contributed by atoms with Gasteiger partial charge >= 0.3 is 0 Å². The summed E-state index contributed by atoms with van der Waals surface area (Å²) in [5.74, 6) is -0.126. The van der Waals surface area contributed by atoms with Crippen LogP contribution in [0.1, 0.15) is 51.9 Å². The van der Waals surface area contributed by atoms with Crippen LogP contribution in [0, 0.1) is 0 Å². The predicted molar refractivity (Wildman–Crippen MR) is 86.6 cm³/mol. The van der Waals surface area contributed by atoms with Gasteiger partial charge in [-0.15, -0.1) is 0 Å². The molecule has 1 fully saturated rings. The molecule has 1 nitrogen and oxygen atoms in total. The maximum atomic E-state index is 14.6. The second-order valence-corrected chi connectivity index (χ2v) is 7.43. The van der Waals surface area contributed by atoms with E-state index in [9.17, 15) is 4.39 Å². The van der Waals surface area contributed by atoms with Gasteiger partial charge in [-0.1, -0.05) is 66.5 Å². The van der Waals surface area contributed by atoms with E-state index in [-0.39, 0.29) is 5.83 Å². The number of hydrogen-bond donors (Lipinski definition) is 0. The Morgan fingerprint density at radius 1 is 1.32 bits per heavy atom. The van der Waals surface area contributed by atoms with Gasteiger partial charge in [0.05, 0.1) is 5.60 Å². The molecule has 2 rings (SSSR count). The Bertz CT molecular complexity index is 368. The van der Waals surface area contributed by atoms with E-state index in [0.717, 1.165) is 32.1 Å². The first-order valence-electron chi connectivity index (χ1n) is 7.12. The third kappa shape index (κ3) is 2.75. The van der Waals surface area contributed by atoms with Crippen molar-refractivity contribution < 1.29 is 9.13 Å². The maximum absolute atomic E-state index is 14.6. The average molecular weight is 399 g/mol. The lowest BCUT2D eigenvalue weighted by molar-refractivity contribution is -0.0803. The molecule has 2 aliphatic rings. The molecule has 0 radical (unpaired) electrons. The summed E-state index contributed by atoms with van der Waals surface area (Å²) in [5, 5.41) is 0.603. The summed E-state index contributed by atoms with van der Waals surface area (Å²) in [6.07, 6.45) is 10.3. The van der Waals surface area contributed by atoms with Crippen molar-refractivity contribution in [2.45, 2.75) is 60.9 Å². The normalized spacial score (nSPS) is 30.7. The molecule has 1 unspecified atom stereocenters. The fourth-order valence-electron chi connectivity index (χ4n) is 3.11. The van der Waals surface area contributed by atoms with E-state index in [4.69, 9.17) is 16.3 Å². The second-order valence-electron chi connectivity index (χ2n) is 5.40. The zero-order valence-electron chi connectivity index (χ0n) is 11.4. The highest BCUT2D eigenvalue weighted by atomic mass is 127. The molecule has 0 aromatic rings. The van der Waals surface area contributed by atoms with Crippen LogP contribution < -0.4 is 0 Å². The van der Waals surface area contributed by atoms with Crippen molar-refractivity contribution >= 4 is 34.2 Å². The van der Waals surface area contributed by atoms with Gasteiger partial charge in [0.2, 0.25) is 0 Å². The molecule has 0 amide bonds. The molecule has 0 bridgehead atoms. The summed E-state index contributed by atoms with van der Waals surface area (Å²) in [6.45, 7) is 2.75. The lowest BCUT2D eigenvalue weighted by Gasteiger charge is -2.49. The van der Waals surface area contributed by atoms with Crippen molar-refractivity contribution in [2.24, 2.45) is 0 Å². The molecule has 0 aromatic heterocycles. The number of halogens is 3. The van der Waals surface area contributed by atoms with Gasteiger partial charge in [0.15, 0.2) is 0 Å². The molecule has 0 spiro atoms. The summed E-state index contributed by atoms with van der Waals surface area (Å²) in [4.78, 5) is 0. The van der Waals surface area contributed by atoms with E-state index < -0.39 is 9.02 Å². The zero-order valence-corrected chi connectivity index (χ0v) is 14.3. The fourth-order valence-corrected chi connectivity index (χ4v) is 4.59. The Morgan fingerprint density at radius 2 is 2.00 bits per heavy atom. The van der Waals surface area contributed by atoms with Crippen molar-refractivity contribution in [1.29, 1.82) is 0 Å². The molecule has 4 heteroatoms. The largest absolute Gasteiger partial charge is 0.373 e.